The highest BCUT2D eigenvalue weighted by Gasteiger charge is 2.22. The molecule has 2 heterocycles. The minimum atomic E-state index is 0.549. The van der Waals surface area contributed by atoms with Gasteiger partial charge in [0.1, 0.15) is 0 Å². The van der Waals surface area contributed by atoms with Crippen molar-refractivity contribution in [3.8, 4) is 39.1 Å². The molecule has 12 rings (SSSR count). The largest absolute Gasteiger partial charge is 0.309 e. The summed E-state index contributed by atoms with van der Waals surface area (Å²) in [6, 6.07) is 65.5. The average Bonchev–Trinajstić information content (AvgIpc) is 3.82. The predicted molar refractivity (Wildman–Crippen MR) is 247 cm³/mol. The first-order valence-corrected chi connectivity index (χ1v) is 20.8. The Hall–Kier alpha value is -6.74. The Labute approximate surface area is 335 Å². The Bertz CT molecular complexity index is 3390. The van der Waals surface area contributed by atoms with Gasteiger partial charge in [-0.05, 0) is 131 Å². The molecule has 1 aliphatic rings. The van der Waals surface area contributed by atoms with Gasteiger partial charge in [-0.3, -0.25) is 0 Å². The van der Waals surface area contributed by atoms with Crippen LogP contribution in [0.5, 0.6) is 0 Å². The fraction of sp³-hybridized carbons (Fsp3) is 0.0545. The Balaban J connectivity index is 1.01. The van der Waals surface area contributed by atoms with E-state index in [0.717, 1.165) is 12.1 Å². The summed E-state index contributed by atoms with van der Waals surface area (Å²) in [5.74, 6) is 0.549. The van der Waals surface area contributed by atoms with Gasteiger partial charge in [-0.1, -0.05) is 153 Å². The van der Waals surface area contributed by atoms with Crippen molar-refractivity contribution < 1.29 is 0 Å². The second kappa shape index (κ2) is 12.6. The first-order valence-electron chi connectivity index (χ1n) is 20.0. The molecule has 0 aliphatic heterocycles. The number of hydrogen-bond donors (Lipinski definition) is 0. The predicted octanol–water partition coefficient (Wildman–Crippen LogP) is 16.0. The van der Waals surface area contributed by atoms with E-state index in [4.69, 9.17) is 0 Å². The number of rotatable bonds is 4. The van der Waals surface area contributed by atoms with Gasteiger partial charge in [0, 0.05) is 26.0 Å². The SMILES string of the molecule is CC1CC=Cc2sc3c(-c4ccc5c(c4)c4ccccc4n5-c4ccc(-c5c6ccccc6c(-c6ccc7ccccc7c6)c6ccccc56)cc4)cccc3c21. The van der Waals surface area contributed by atoms with Gasteiger partial charge in [0.05, 0.1) is 11.0 Å². The van der Waals surface area contributed by atoms with Crippen molar-refractivity contribution in [3.63, 3.8) is 0 Å². The molecule has 1 atom stereocenters. The minimum absolute atomic E-state index is 0.549. The fourth-order valence-corrected chi connectivity index (χ4v) is 11.2. The molecule has 9 aromatic carbocycles. The zero-order valence-corrected chi connectivity index (χ0v) is 32.4. The summed E-state index contributed by atoms with van der Waals surface area (Å²) in [5.41, 5.74) is 12.7. The van der Waals surface area contributed by atoms with Gasteiger partial charge < -0.3 is 4.57 Å². The lowest BCUT2D eigenvalue weighted by molar-refractivity contribution is 0.783. The van der Waals surface area contributed by atoms with E-state index < -0.39 is 0 Å². The van der Waals surface area contributed by atoms with Crippen LogP contribution in [0.4, 0.5) is 0 Å². The van der Waals surface area contributed by atoms with E-state index in [0.29, 0.717) is 5.92 Å². The van der Waals surface area contributed by atoms with E-state index in [1.807, 2.05) is 11.3 Å². The number of para-hydroxylation sites is 1. The maximum atomic E-state index is 2.44. The molecule has 1 nitrogen and oxygen atoms in total. The summed E-state index contributed by atoms with van der Waals surface area (Å²) in [4.78, 5) is 1.42. The standard InChI is InChI=1S/C55H37NS/c1-34-12-10-23-51-52(34)47-21-11-20-41(55(47)57-51)38-28-31-50-48(33-38)42-15-8-9-22-49(42)56(50)40-29-26-36(27-30-40)53-43-16-4-6-18-45(43)54(46-19-7-5-17-44(46)53)39-25-24-35-13-2-3-14-37(35)32-39/h2-11,13-34H,12H2,1H3. The highest BCUT2D eigenvalue weighted by Crippen LogP contribution is 2.47. The summed E-state index contributed by atoms with van der Waals surface area (Å²) in [5, 5.41) is 11.6. The Morgan fingerprint density at radius 1 is 0.474 bits per heavy atom. The number of nitrogens with zero attached hydrogens (tertiary/aromatic N) is 1. The summed E-state index contributed by atoms with van der Waals surface area (Å²) < 4.78 is 3.83. The first-order chi connectivity index (χ1) is 28.2. The Morgan fingerprint density at radius 2 is 1.07 bits per heavy atom. The molecule has 268 valence electrons. The van der Waals surface area contributed by atoms with E-state index >= 15 is 0 Å². The summed E-state index contributed by atoms with van der Waals surface area (Å²) in [6.07, 6.45) is 5.78. The third kappa shape index (κ3) is 4.94. The van der Waals surface area contributed by atoms with Crippen molar-refractivity contribution in [1.82, 2.24) is 4.57 Å². The molecule has 2 aromatic heterocycles. The molecule has 1 aliphatic carbocycles. The van der Waals surface area contributed by atoms with Crippen molar-refractivity contribution in [3.05, 3.63) is 192 Å². The van der Waals surface area contributed by atoms with Crippen LogP contribution in [-0.2, 0) is 0 Å². The number of benzene rings is 9. The van der Waals surface area contributed by atoms with Crippen LogP contribution in [0.3, 0.4) is 0 Å². The lowest BCUT2D eigenvalue weighted by Gasteiger charge is -2.18. The smallest absolute Gasteiger partial charge is 0.0541 e. The number of hydrogen-bond acceptors (Lipinski definition) is 1. The zero-order valence-electron chi connectivity index (χ0n) is 31.5. The second-order valence-electron chi connectivity index (χ2n) is 15.6. The summed E-state index contributed by atoms with van der Waals surface area (Å²) >= 11 is 1.94. The van der Waals surface area contributed by atoms with Crippen molar-refractivity contribution in [1.29, 1.82) is 0 Å². The van der Waals surface area contributed by atoms with Crippen LogP contribution in [-0.4, -0.2) is 4.57 Å². The van der Waals surface area contributed by atoms with Crippen molar-refractivity contribution >= 4 is 81.6 Å². The molecule has 0 N–H and O–H groups in total. The maximum absolute atomic E-state index is 2.44. The van der Waals surface area contributed by atoms with E-state index in [2.05, 4.69) is 200 Å². The van der Waals surface area contributed by atoms with Gasteiger partial charge in [0.2, 0.25) is 0 Å². The fourth-order valence-electron chi connectivity index (χ4n) is 9.80. The molecule has 0 saturated carbocycles. The average molecular weight is 744 g/mol. The highest BCUT2D eigenvalue weighted by molar-refractivity contribution is 7.20. The van der Waals surface area contributed by atoms with Crippen LogP contribution in [0.2, 0.25) is 0 Å². The monoisotopic (exact) mass is 743 g/mol. The molecule has 2 heteroatoms. The van der Waals surface area contributed by atoms with Crippen LogP contribution in [0.15, 0.2) is 182 Å². The lowest BCUT2D eigenvalue weighted by atomic mass is 9.85. The topological polar surface area (TPSA) is 4.93 Å². The molecule has 0 bridgehead atoms. The molecule has 0 fully saturated rings. The third-order valence-corrected chi connectivity index (χ3v) is 13.6. The Kier molecular flexibility index (Phi) is 7.21. The summed E-state index contributed by atoms with van der Waals surface area (Å²) in [7, 11) is 0. The number of aromatic nitrogens is 1. The molecule has 0 radical (unpaired) electrons. The third-order valence-electron chi connectivity index (χ3n) is 12.4. The van der Waals surface area contributed by atoms with Crippen molar-refractivity contribution in [2.45, 2.75) is 19.3 Å². The minimum Gasteiger partial charge on any atom is -0.309 e. The molecule has 1 unspecified atom stereocenters. The molecule has 57 heavy (non-hydrogen) atoms. The van der Waals surface area contributed by atoms with Gasteiger partial charge >= 0.3 is 0 Å². The number of thiophene rings is 1. The zero-order chi connectivity index (χ0) is 37.6. The molecule has 0 saturated heterocycles. The van der Waals surface area contributed by atoms with E-state index in [1.165, 1.54) is 108 Å². The van der Waals surface area contributed by atoms with E-state index in [-0.39, 0.29) is 0 Å². The van der Waals surface area contributed by atoms with Crippen LogP contribution in [0.25, 0.3) is 109 Å². The normalized spacial score (nSPS) is 14.1. The quantitative estimate of drug-likeness (QED) is 0.158. The van der Waals surface area contributed by atoms with Gasteiger partial charge in [0.15, 0.2) is 0 Å². The van der Waals surface area contributed by atoms with Crippen LogP contribution < -0.4 is 0 Å². The summed E-state index contributed by atoms with van der Waals surface area (Å²) in [6.45, 7) is 2.36. The Morgan fingerprint density at radius 3 is 1.82 bits per heavy atom. The molecule has 0 amide bonds. The highest BCUT2D eigenvalue weighted by atomic mass is 32.1. The van der Waals surface area contributed by atoms with Gasteiger partial charge in [0.25, 0.3) is 0 Å². The molecule has 0 spiro atoms. The van der Waals surface area contributed by atoms with Gasteiger partial charge in [-0.25, -0.2) is 0 Å². The number of fused-ring (bicyclic) bond motifs is 9. The van der Waals surface area contributed by atoms with Crippen LogP contribution >= 0.6 is 11.3 Å². The molecular formula is C55H37NS. The lowest BCUT2D eigenvalue weighted by Crippen LogP contribution is -1.96. The van der Waals surface area contributed by atoms with Gasteiger partial charge in [-0.15, -0.1) is 11.3 Å². The first kappa shape index (κ1) is 32.5. The van der Waals surface area contributed by atoms with E-state index in [1.54, 1.807) is 0 Å². The maximum Gasteiger partial charge on any atom is 0.0541 e. The molecule has 11 aromatic rings. The van der Waals surface area contributed by atoms with E-state index in [9.17, 15) is 0 Å². The van der Waals surface area contributed by atoms with Crippen molar-refractivity contribution in [2.24, 2.45) is 0 Å². The van der Waals surface area contributed by atoms with Gasteiger partial charge in [-0.2, -0.15) is 0 Å². The molecular weight excluding hydrogens is 707 g/mol. The van der Waals surface area contributed by atoms with Crippen LogP contribution in [0.1, 0.15) is 29.7 Å². The van der Waals surface area contributed by atoms with Crippen LogP contribution in [0, 0.1) is 0 Å². The second-order valence-corrected chi connectivity index (χ2v) is 16.7. The number of allylic oxidation sites excluding steroid dienone is 1. The van der Waals surface area contributed by atoms with Crippen molar-refractivity contribution in [2.75, 3.05) is 0 Å².